The van der Waals surface area contributed by atoms with E-state index in [-0.39, 0.29) is 30.4 Å². The zero-order valence-electron chi connectivity index (χ0n) is 10.5. The number of Topliss-reactive ketones (excluding diaryl/α,β-unsaturated/α-hetero) is 1. The summed E-state index contributed by atoms with van der Waals surface area (Å²) in [5.74, 6) is -0.183. The van der Waals surface area contributed by atoms with Crippen molar-refractivity contribution >= 4 is 15.8 Å². The van der Waals surface area contributed by atoms with Gasteiger partial charge >= 0.3 is 0 Å². The summed E-state index contributed by atoms with van der Waals surface area (Å²) in [6.07, 6.45) is 0. The largest absolute Gasteiger partial charge is 0.395 e. The van der Waals surface area contributed by atoms with Gasteiger partial charge in [-0.25, -0.2) is 8.42 Å². The van der Waals surface area contributed by atoms with Gasteiger partial charge in [0.25, 0.3) is 0 Å². The number of benzene rings is 1. The highest BCUT2D eigenvalue weighted by atomic mass is 32.2. The molecular weight excluding hydrogens is 254 g/mol. The lowest BCUT2D eigenvalue weighted by atomic mass is 10.2. The van der Waals surface area contributed by atoms with Crippen LogP contribution in [0.2, 0.25) is 0 Å². The van der Waals surface area contributed by atoms with Gasteiger partial charge in [-0.15, -0.1) is 0 Å². The van der Waals surface area contributed by atoms with Crippen molar-refractivity contribution in [1.29, 1.82) is 0 Å². The van der Waals surface area contributed by atoms with E-state index in [1.807, 2.05) is 0 Å². The van der Waals surface area contributed by atoms with Gasteiger partial charge in [-0.1, -0.05) is 19.1 Å². The number of sulfonamides is 1. The monoisotopic (exact) mass is 271 g/mol. The third kappa shape index (κ3) is 3.16. The second kappa shape index (κ2) is 6.08. The van der Waals surface area contributed by atoms with Gasteiger partial charge in [-0.2, -0.15) is 4.31 Å². The van der Waals surface area contributed by atoms with Gasteiger partial charge < -0.3 is 5.11 Å². The number of hydrogen-bond donors (Lipinski definition) is 1. The predicted molar refractivity (Wildman–Crippen MR) is 68.0 cm³/mol. The summed E-state index contributed by atoms with van der Waals surface area (Å²) in [5, 5.41) is 8.86. The van der Waals surface area contributed by atoms with Crippen LogP contribution in [-0.4, -0.2) is 43.3 Å². The number of carbonyl (C=O) groups is 1. The van der Waals surface area contributed by atoms with Gasteiger partial charge in [0.15, 0.2) is 5.78 Å². The van der Waals surface area contributed by atoms with E-state index in [0.717, 1.165) is 0 Å². The van der Waals surface area contributed by atoms with Crippen LogP contribution in [0.1, 0.15) is 24.2 Å². The second-order valence-electron chi connectivity index (χ2n) is 3.80. The first-order valence-corrected chi connectivity index (χ1v) is 7.09. The fraction of sp³-hybridized carbons (Fsp3) is 0.417. The van der Waals surface area contributed by atoms with E-state index in [1.165, 1.54) is 29.4 Å². The Morgan fingerprint density at radius 3 is 2.56 bits per heavy atom. The van der Waals surface area contributed by atoms with Crippen molar-refractivity contribution in [2.45, 2.75) is 18.7 Å². The summed E-state index contributed by atoms with van der Waals surface area (Å²) in [4.78, 5) is 11.3. The molecule has 18 heavy (non-hydrogen) atoms. The molecule has 0 aliphatic carbocycles. The molecule has 1 aromatic rings. The van der Waals surface area contributed by atoms with Gasteiger partial charge in [0.05, 0.1) is 11.5 Å². The Morgan fingerprint density at radius 1 is 1.39 bits per heavy atom. The predicted octanol–water partition coefficient (Wildman–Crippen LogP) is 0.892. The Labute approximate surface area is 107 Å². The van der Waals surface area contributed by atoms with E-state index in [9.17, 15) is 13.2 Å². The van der Waals surface area contributed by atoms with Crippen LogP contribution in [-0.2, 0) is 10.0 Å². The lowest BCUT2D eigenvalue weighted by Crippen LogP contribution is -2.33. The lowest BCUT2D eigenvalue weighted by molar-refractivity contribution is 0.101. The van der Waals surface area contributed by atoms with E-state index in [1.54, 1.807) is 13.0 Å². The molecule has 0 amide bonds. The topological polar surface area (TPSA) is 74.7 Å². The van der Waals surface area contributed by atoms with Gasteiger partial charge in [-0.3, -0.25) is 4.79 Å². The number of likely N-dealkylation sites (N-methyl/N-ethyl adjacent to an activating group) is 1. The molecule has 0 saturated carbocycles. The molecule has 0 radical (unpaired) electrons. The van der Waals surface area contributed by atoms with Crippen LogP contribution >= 0.6 is 0 Å². The summed E-state index contributed by atoms with van der Waals surface area (Å²) < 4.78 is 25.6. The molecule has 100 valence electrons. The number of ketones is 1. The number of aliphatic hydroxyl groups excluding tert-OH is 1. The van der Waals surface area contributed by atoms with E-state index >= 15 is 0 Å². The van der Waals surface area contributed by atoms with Crippen molar-refractivity contribution in [2.75, 3.05) is 19.7 Å². The standard InChI is InChI=1S/C12H17NO4S/c1-3-13(7-8-14)18(16,17)12-6-4-5-11(9-12)10(2)15/h4-6,9,14H,3,7-8H2,1-2H3. The van der Waals surface area contributed by atoms with Gasteiger partial charge in [0.1, 0.15) is 0 Å². The van der Waals surface area contributed by atoms with Crippen molar-refractivity contribution in [2.24, 2.45) is 0 Å². The van der Waals surface area contributed by atoms with Crippen LogP contribution in [0.4, 0.5) is 0 Å². The highest BCUT2D eigenvalue weighted by molar-refractivity contribution is 7.89. The van der Waals surface area contributed by atoms with E-state index in [4.69, 9.17) is 5.11 Å². The highest BCUT2D eigenvalue weighted by Gasteiger charge is 2.22. The fourth-order valence-electron chi connectivity index (χ4n) is 1.58. The van der Waals surface area contributed by atoms with Gasteiger partial charge in [-0.05, 0) is 19.1 Å². The number of aliphatic hydroxyl groups is 1. The molecule has 0 heterocycles. The molecule has 0 bridgehead atoms. The molecule has 1 rings (SSSR count). The average molecular weight is 271 g/mol. The van der Waals surface area contributed by atoms with Crippen molar-refractivity contribution in [3.8, 4) is 0 Å². The third-order valence-electron chi connectivity index (χ3n) is 2.58. The minimum Gasteiger partial charge on any atom is -0.395 e. The maximum Gasteiger partial charge on any atom is 0.243 e. The molecule has 0 spiro atoms. The van der Waals surface area contributed by atoms with Crippen LogP contribution in [0.25, 0.3) is 0 Å². The molecule has 1 aromatic carbocycles. The molecular formula is C12H17NO4S. The molecule has 0 aliphatic rings. The third-order valence-corrected chi connectivity index (χ3v) is 4.55. The molecule has 6 heteroatoms. The molecule has 0 saturated heterocycles. The SMILES string of the molecule is CCN(CCO)S(=O)(=O)c1cccc(C(C)=O)c1. The Kier molecular flexibility index (Phi) is 5.01. The number of carbonyl (C=O) groups excluding carboxylic acids is 1. The van der Waals surface area contributed by atoms with Crippen molar-refractivity contribution in [1.82, 2.24) is 4.31 Å². The first kappa shape index (κ1) is 14.8. The van der Waals surface area contributed by atoms with Crippen LogP contribution < -0.4 is 0 Å². The number of nitrogens with zero attached hydrogens (tertiary/aromatic N) is 1. The minimum atomic E-state index is -3.65. The summed E-state index contributed by atoms with van der Waals surface area (Å²) in [5.41, 5.74) is 0.358. The van der Waals surface area contributed by atoms with Crippen molar-refractivity contribution in [3.05, 3.63) is 29.8 Å². The van der Waals surface area contributed by atoms with E-state index < -0.39 is 10.0 Å². The van der Waals surface area contributed by atoms with E-state index in [0.29, 0.717) is 5.56 Å². The molecule has 0 unspecified atom stereocenters. The van der Waals surface area contributed by atoms with Crippen molar-refractivity contribution in [3.63, 3.8) is 0 Å². The summed E-state index contributed by atoms with van der Waals surface area (Å²) in [6.45, 7) is 3.16. The van der Waals surface area contributed by atoms with Gasteiger partial charge in [0, 0.05) is 18.7 Å². The van der Waals surface area contributed by atoms with Crippen LogP contribution in [0.3, 0.4) is 0 Å². The molecule has 0 aliphatic heterocycles. The summed E-state index contributed by atoms with van der Waals surface area (Å²) in [6, 6.07) is 5.92. The molecule has 5 nitrogen and oxygen atoms in total. The first-order chi connectivity index (χ1) is 8.43. The Hall–Kier alpha value is -1.24. The van der Waals surface area contributed by atoms with E-state index in [2.05, 4.69) is 0 Å². The maximum absolute atomic E-state index is 12.2. The molecule has 0 atom stereocenters. The lowest BCUT2D eigenvalue weighted by Gasteiger charge is -2.19. The zero-order chi connectivity index (χ0) is 13.8. The Morgan fingerprint density at radius 2 is 2.06 bits per heavy atom. The number of hydrogen-bond acceptors (Lipinski definition) is 4. The summed E-state index contributed by atoms with van der Waals surface area (Å²) in [7, 11) is -3.65. The smallest absolute Gasteiger partial charge is 0.243 e. The van der Waals surface area contributed by atoms with Crippen LogP contribution in [0.15, 0.2) is 29.2 Å². The zero-order valence-corrected chi connectivity index (χ0v) is 11.3. The summed E-state index contributed by atoms with van der Waals surface area (Å²) >= 11 is 0. The minimum absolute atomic E-state index is 0.0448. The first-order valence-electron chi connectivity index (χ1n) is 5.65. The van der Waals surface area contributed by atoms with Crippen LogP contribution in [0, 0.1) is 0 Å². The van der Waals surface area contributed by atoms with Gasteiger partial charge in [0.2, 0.25) is 10.0 Å². The fourth-order valence-corrected chi connectivity index (χ4v) is 3.07. The maximum atomic E-state index is 12.2. The normalized spacial score (nSPS) is 11.8. The molecule has 0 aromatic heterocycles. The van der Waals surface area contributed by atoms with Crippen LogP contribution in [0.5, 0.6) is 0 Å². The van der Waals surface area contributed by atoms with Crippen molar-refractivity contribution < 1.29 is 18.3 Å². The quantitative estimate of drug-likeness (QED) is 0.780. The Bertz CT molecular complexity index is 525. The highest BCUT2D eigenvalue weighted by Crippen LogP contribution is 2.17. The molecule has 1 N–H and O–H groups in total. The second-order valence-corrected chi connectivity index (χ2v) is 5.74. The number of rotatable bonds is 6. The average Bonchev–Trinajstić information content (AvgIpc) is 2.35. The molecule has 0 fully saturated rings. The Balaban J connectivity index is 3.19.